The maximum atomic E-state index is 12.6. The normalized spacial score (nSPS) is 13.2. The SMILES string of the molecule is CCOC(=O)/C=C/[C@H](CCC(=O)N(C)C)NC(=O)OCC1c2ccccc2-c2ccccc21. The lowest BCUT2D eigenvalue weighted by atomic mass is 9.98. The quantitative estimate of drug-likeness (QED) is 0.463. The highest BCUT2D eigenvalue weighted by Crippen LogP contribution is 2.44. The molecule has 33 heavy (non-hydrogen) atoms. The number of amides is 2. The minimum Gasteiger partial charge on any atom is -0.463 e. The smallest absolute Gasteiger partial charge is 0.407 e. The van der Waals surface area contributed by atoms with E-state index in [4.69, 9.17) is 9.47 Å². The Hall–Kier alpha value is -3.61. The van der Waals surface area contributed by atoms with E-state index in [1.165, 1.54) is 17.1 Å². The molecule has 7 heteroatoms. The highest BCUT2D eigenvalue weighted by molar-refractivity contribution is 5.82. The molecule has 0 spiro atoms. The molecule has 7 nitrogen and oxygen atoms in total. The van der Waals surface area contributed by atoms with Crippen molar-refractivity contribution in [3.8, 4) is 11.1 Å². The highest BCUT2D eigenvalue weighted by atomic mass is 16.5. The molecule has 0 radical (unpaired) electrons. The van der Waals surface area contributed by atoms with Gasteiger partial charge in [-0.1, -0.05) is 54.6 Å². The maximum Gasteiger partial charge on any atom is 0.407 e. The number of fused-ring (bicyclic) bond motifs is 3. The lowest BCUT2D eigenvalue weighted by Gasteiger charge is -2.18. The molecule has 0 saturated carbocycles. The fourth-order valence-corrected chi connectivity index (χ4v) is 3.90. The second-order valence-corrected chi connectivity index (χ2v) is 8.01. The number of rotatable bonds is 9. The third kappa shape index (κ3) is 6.22. The molecule has 1 aliphatic carbocycles. The van der Waals surface area contributed by atoms with Gasteiger partial charge < -0.3 is 19.7 Å². The molecule has 1 aliphatic rings. The molecule has 0 bridgehead atoms. The predicted octanol–water partition coefficient (Wildman–Crippen LogP) is 3.88. The van der Waals surface area contributed by atoms with Crippen LogP contribution in [0.25, 0.3) is 11.1 Å². The van der Waals surface area contributed by atoms with Gasteiger partial charge in [0.1, 0.15) is 6.61 Å². The summed E-state index contributed by atoms with van der Waals surface area (Å²) in [5, 5.41) is 2.75. The van der Waals surface area contributed by atoms with Crippen LogP contribution in [0.4, 0.5) is 4.79 Å². The standard InChI is InChI=1S/C26H30N2O5/c1-4-32-25(30)16-14-18(13-15-24(29)28(2)3)27-26(31)33-17-23-21-11-7-5-9-19(21)20-10-6-8-12-22(20)23/h5-12,14,16,18,23H,4,13,15,17H2,1-3H3,(H,27,31)/b16-14+/t18-/m0/s1. The summed E-state index contributed by atoms with van der Waals surface area (Å²) in [7, 11) is 3.34. The van der Waals surface area contributed by atoms with E-state index in [0.717, 1.165) is 22.3 Å². The van der Waals surface area contributed by atoms with Gasteiger partial charge in [-0.3, -0.25) is 4.79 Å². The van der Waals surface area contributed by atoms with E-state index in [-0.39, 0.29) is 31.5 Å². The van der Waals surface area contributed by atoms with Crippen molar-refractivity contribution in [2.75, 3.05) is 27.3 Å². The number of hydrogen-bond donors (Lipinski definition) is 1. The Morgan fingerprint density at radius 2 is 1.61 bits per heavy atom. The Bertz CT molecular complexity index is 985. The van der Waals surface area contributed by atoms with Crippen molar-refractivity contribution in [2.24, 2.45) is 0 Å². The topological polar surface area (TPSA) is 84.9 Å². The number of hydrogen-bond acceptors (Lipinski definition) is 5. The Morgan fingerprint density at radius 3 is 2.18 bits per heavy atom. The average molecular weight is 451 g/mol. The molecule has 1 N–H and O–H groups in total. The molecule has 0 unspecified atom stereocenters. The molecular weight excluding hydrogens is 420 g/mol. The van der Waals surface area contributed by atoms with Crippen molar-refractivity contribution in [2.45, 2.75) is 31.7 Å². The van der Waals surface area contributed by atoms with E-state index >= 15 is 0 Å². The third-order valence-corrected chi connectivity index (χ3v) is 5.57. The number of nitrogens with one attached hydrogen (secondary N) is 1. The second kappa shape index (κ2) is 11.3. The third-order valence-electron chi connectivity index (χ3n) is 5.57. The largest absolute Gasteiger partial charge is 0.463 e. The Morgan fingerprint density at radius 1 is 1.00 bits per heavy atom. The fraction of sp³-hybridized carbons (Fsp3) is 0.346. The summed E-state index contributed by atoms with van der Waals surface area (Å²) in [5.74, 6) is -0.623. The van der Waals surface area contributed by atoms with Gasteiger partial charge in [0.25, 0.3) is 0 Å². The van der Waals surface area contributed by atoms with E-state index in [9.17, 15) is 14.4 Å². The van der Waals surface area contributed by atoms with Crippen LogP contribution in [-0.2, 0) is 19.1 Å². The summed E-state index contributed by atoms with van der Waals surface area (Å²) in [6, 6.07) is 15.7. The van der Waals surface area contributed by atoms with E-state index in [2.05, 4.69) is 29.6 Å². The van der Waals surface area contributed by atoms with Crippen molar-refractivity contribution in [3.63, 3.8) is 0 Å². The van der Waals surface area contributed by atoms with Gasteiger partial charge in [0.05, 0.1) is 12.6 Å². The molecule has 0 saturated heterocycles. The van der Waals surface area contributed by atoms with Crippen LogP contribution >= 0.6 is 0 Å². The van der Waals surface area contributed by atoms with Crippen LogP contribution in [0.2, 0.25) is 0 Å². The van der Waals surface area contributed by atoms with Crippen LogP contribution < -0.4 is 5.32 Å². The summed E-state index contributed by atoms with van der Waals surface area (Å²) in [4.78, 5) is 37.7. The molecule has 2 aromatic carbocycles. The Kier molecular flexibility index (Phi) is 8.24. The Balaban J connectivity index is 1.65. The van der Waals surface area contributed by atoms with Gasteiger partial charge >= 0.3 is 12.1 Å². The summed E-state index contributed by atoms with van der Waals surface area (Å²) in [5.41, 5.74) is 4.56. The number of nitrogens with zero attached hydrogens (tertiary/aromatic N) is 1. The summed E-state index contributed by atoms with van der Waals surface area (Å²) in [6.45, 7) is 2.16. The zero-order valence-corrected chi connectivity index (χ0v) is 19.2. The van der Waals surface area contributed by atoms with Gasteiger partial charge in [-0.2, -0.15) is 0 Å². The number of carbonyl (C=O) groups is 3. The number of carbonyl (C=O) groups excluding carboxylic acids is 3. The lowest BCUT2D eigenvalue weighted by molar-refractivity contribution is -0.137. The predicted molar refractivity (Wildman–Crippen MR) is 126 cm³/mol. The first kappa shape index (κ1) is 24.0. The Labute approximate surface area is 194 Å². The van der Waals surface area contributed by atoms with Crippen LogP contribution in [0, 0.1) is 0 Å². The number of benzene rings is 2. The van der Waals surface area contributed by atoms with Crippen LogP contribution in [0.3, 0.4) is 0 Å². The van der Waals surface area contributed by atoms with E-state index < -0.39 is 18.1 Å². The molecular formula is C26H30N2O5. The highest BCUT2D eigenvalue weighted by Gasteiger charge is 2.29. The molecule has 0 aromatic heterocycles. The second-order valence-electron chi connectivity index (χ2n) is 8.01. The van der Waals surface area contributed by atoms with Crippen LogP contribution in [0.15, 0.2) is 60.7 Å². The lowest BCUT2D eigenvalue weighted by Crippen LogP contribution is -2.36. The molecule has 174 valence electrons. The number of esters is 1. The summed E-state index contributed by atoms with van der Waals surface area (Å²) >= 11 is 0. The molecule has 2 aromatic rings. The molecule has 0 fully saturated rings. The first-order chi connectivity index (χ1) is 15.9. The van der Waals surface area contributed by atoms with Crippen molar-refractivity contribution in [1.82, 2.24) is 10.2 Å². The van der Waals surface area contributed by atoms with Crippen molar-refractivity contribution in [1.29, 1.82) is 0 Å². The zero-order valence-electron chi connectivity index (χ0n) is 19.2. The van der Waals surface area contributed by atoms with Gasteiger partial charge in [-0.05, 0) is 35.6 Å². The van der Waals surface area contributed by atoms with Crippen molar-refractivity contribution >= 4 is 18.0 Å². The van der Waals surface area contributed by atoms with Crippen molar-refractivity contribution < 1.29 is 23.9 Å². The van der Waals surface area contributed by atoms with Gasteiger partial charge in [-0.25, -0.2) is 9.59 Å². The van der Waals surface area contributed by atoms with Crippen LogP contribution in [-0.4, -0.2) is 56.2 Å². The van der Waals surface area contributed by atoms with Gasteiger partial charge in [0.2, 0.25) is 5.91 Å². The minimum atomic E-state index is -0.604. The average Bonchev–Trinajstić information content (AvgIpc) is 3.13. The molecule has 0 heterocycles. The molecule has 0 aliphatic heterocycles. The van der Waals surface area contributed by atoms with E-state index in [1.807, 2.05) is 24.3 Å². The summed E-state index contributed by atoms with van der Waals surface area (Å²) < 4.78 is 10.5. The van der Waals surface area contributed by atoms with Gasteiger partial charge in [0, 0.05) is 32.5 Å². The number of alkyl carbamates (subject to hydrolysis) is 1. The fourth-order valence-electron chi connectivity index (χ4n) is 3.90. The molecule has 1 atom stereocenters. The van der Waals surface area contributed by atoms with E-state index in [1.54, 1.807) is 21.0 Å². The van der Waals surface area contributed by atoms with Crippen LogP contribution in [0.1, 0.15) is 36.8 Å². The van der Waals surface area contributed by atoms with Crippen molar-refractivity contribution in [3.05, 3.63) is 71.8 Å². The summed E-state index contributed by atoms with van der Waals surface area (Å²) in [6.07, 6.45) is 2.74. The zero-order chi connectivity index (χ0) is 23.8. The maximum absolute atomic E-state index is 12.6. The first-order valence-electron chi connectivity index (χ1n) is 11.1. The van der Waals surface area contributed by atoms with E-state index in [0.29, 0.717) is 6.42 Å². The van der Waals surface area contributed by atoms with Gasteiger partial charge in [0.15, 0.2) is 0 Å². The molecule has 3 rings (SSSR count). The monoisotopic (exact) mass is 450 g/mol. The molecule has 2 amide bonds. The van der Waals surface area contributed by atoms with Crippen LogP contribution in [0.5, 0.6) is 0 Å². The minimum absolute atomic E-state index is 0.0491. The number of ether oxygens (including phenoxy) is 2. The van der Waals surface area contributed by atoms with Gasteiger partial charge in [-0.15, -0.1) is 0 Å². The first-order valence-corrected chi connectivity index (χ1v) is 11.1.